The largest absolute Gasteiger partial charge is 0.481 e. The molecule has 0 radical (unpaired) electrons. The molecule has 0 spiro atoms. The fourth-order valence-electron chi connectivity index (χ4n) is 1.78. The van der Waals surface area contributed by atoms with E-state index in [0.29, 0.717) is 24.6 Å². The van der Waals surface area contributed by atoms with Crippen molar-refractivity contribution >= 4 is 23.2 Å². The Hall–Kier alpha value is -1.40. The van der Waals surface area contributed by atoms with Gasteiger partial charge in [0, 0.05) is 13.1 Å². The van der Waals surface area contributed by atoms with Crippen LogP contribution in [0.5, 0.6) is 0 Å². The van der Waals surface area contributed by atoms with Gasteiger partial charge in [0.2, 0.25) is 0 Å². The average Bonchev–Trinajstić information content (AvgIpc) is 2.81. The van der Waals surface area contributed by atoms with Crippen molar-refractivity contribution in [3.63, 3.8) is 0 Å². The van der Waals surface area contributed by atoms with Crippen molar-refractivity contribution in [2.45, 2.75) is 12.5 Å². The fraction of sp³-hybridized carbons (Fsp3) is 0.455. The molecule has 1 unspecified atom stereocenters. The minimum atomic E-state index is -0.902. The highest BCUT2D eigenvalue weighted by Crippen LogP contribution is 2.16. The Morgan fingerprint density at radius 1 is 1.59 bits per heavy atom. The van der Waals surface area contributed by atoms with Crippen LogP contribution < -0.4 is 0 Å². The number of carboxylic acid groups (broad SMARTS) is 1. The summed E-state index contributed by atoms with van der Waals surface area (Å²) in [6.45, 7) is 1.27. The molecule has 6 heteroatoms. The molecule has 1 fully saturated rings. The van der Waals surface area contributed by atoms with E-state index in [9.17, 15) is 9.59 Å². The van der Waals surface area contributed by atoms with Crippen LogP contribution in [0.1, 0.15) is 16.1 Å². The molecule has 1 aromatic heterocycles. The number of carbonyl (C=O) groups is 2. The standard InChI is InChI=1S/C11H13NO4S/c13-10(14)6-8-7-12(3-4-16-8)11(15)9-2-1-5-17-9/h1-2,5,8H,3-4,6-7H2,(H,13,14). The lowest BCUT2D eigenvalue weighted by atomic mass is 10.2. The van der Waals surface area contributed by atoms with Crippen molar-refractivity contribution in [1.82, 2.24) is 4.90 Å². The number of hydrogen-bond acceptors (Lipinski definition) is 4. The van der Waals surface area contributed by atoms with E-state index in [1.807, 2.05) is 11.4 Å². The van der Waals surface area contributed by atoms with E-state index >= 15 is 0 Å². The number of ether oxygens (including phenoxy) is 1. The lowest BCUT2D eigenvalue weighted by molar-refractivity contribution is -0.141. The second-order valence-electron chi connectivity index (χ2n) is 3.82. The molecular formula is C11H13NO4S. The molecular weight excluding hydrogens is 242 g/mol. The minimum absolute atomic E-state index is 0.0429. The van der Waals surface area contributed by atoms with Gasteiger partial charge in [-0.05, 0) is 11.4 Å². The molecule has 1 atom stereocenters. The summed E-state index contributed by atoms with van der Waals surface area (Å²) in [5.74, 6) is -0.945. The summed E-state index contributed by atoms with van der Waals surface area (Å²) in [5.41, 5.74) is 0. The number of morpholine rings is 1. The van der Waals surface area contributed by atoms with Crippen LogP contribution in [0.25, 0.3) is 0 Å². The molecule has 1 aromatic rings. The molecule has 1 aliphatic rings. The Labute approximate surface area is 103 Å². The van der Waals surface area contributed by atoms with Crippen LogP contribution in [-0.4, -0.2) is 47.7 Å². The number of nitrogens with zero attached hydrogens (tertiary/aromatic N) is 1. The maximum absolute atomic E-state index is 12.0. The number of hydrogen-bond donors (Lipinski definition) is 1. The van der Waals surface area contributed by atoms with Gasteiger partial charge in [0.1, 0.15) is 0 Å². The van der Waals surface area contributed by atoms with Crippen molar-refractivity contribution in [2.75, 3.05) is 19.7 Å². The van der Waals surface area contributed by atoms with Crippen LogP contribution in [0.3, 0.4) is 0 Å². The first kappa shape index (κ1) is 12.1. The molecule has 1 amide bonds. The van der Waals surface area contributed by atoms with E-state index in [4.69, 9.17) is 9.84 Å². The minimum Gasteiger partial charge on any atom is -0.481 e. The first-order valence-electron chi connectivity index (χ1n) is 5.33. The Kier molecular flexibility index (Phi) is 3.75. The van der Waals surface area contributed by atoms with E-state index in [2.05, 4.69) is 0 Å². The molecule has 2 rings (SSSR count). The van der Waals surface area contributed by atoms with Gasteiger partial charge >= 0.3 is 5.97 Å². The highest BCUT2D eigenvalue weighted by molar-refractivity contribution is 7.12. The third kappa shape index (κ3) is 3.04. The first-order valence-corrected chi connectivity index (χ1v) is 6.21. The zero-order chi connectivity index (χ0) is 12.3. The molecule has 17 heavy (non-hydrogen) atoms. The summed E-state index contributed by atoms with van der Waals surface area (Å²) in [6, 6.07) is 3.60. The average molecular weight is 255 g/mol. The molecule has 1 aliphatic heterocycles. The van der Waals surface area contributed by atoms with Crippen LogP contribution in [0.2, 0.25) is 0 Å². The molecule has 0 aliphatic carbocycles. The lowest BCUT2D eigenvalue weighted by Gasteiger charge is -2.32. The fourth-order valence-corrected chi connectivity index (χ4v) is 2.47. The van der Waals surface area contributed by atoms with Crippen LogP contribution in [0.15, 0.2) is 17.5 Å². The van der Waals surface area contributed by atoms with E-state index in [1.54, 1.807) is 11.0 Å². The summed E-state index contributed by atoms with van der Waals surface area (Å²) >= 11 is 1.39. The van der Waals surface area contributed by atoms with E-state index in [-0.39, 0.29) is 12.3 Å². The van der Waals surface area contributed by atoms with E-state index < -0.39 is 12.1 Å². The van der Waals surface area contributed by atoms with Gasteiger partial charge in [0.15, 0.2) is 0 Å². The van der Waals surface area contributed by atoms with Gasteiger partial charge in [-0.25, -0.2) is 0 Å². The predicted molar refractivity (Wildman–Crippen MR) is 62.2 cm³/mol. The number of carboxylic acids is 1. The Morgan fingerprint density at radius 2 is 2.41 bits per heavy atom. The molecule has 1 N–H and O–H groups in total. The number of amides is 1. The zero-order valence-electron chi connectivity index (χ0n) is 9.17. The van der Waals surface area contributed by atoms with Crippen LogP contribution in [0, 0.1) is 0 Å². The molecule has 1 saturated heterocycles. The van der Waals surface area contributed by atoms with E-state index in [0.717, 1.165) is 0 Å². The maximum atomic E-state index is 12.0. The van der Waals surface area contributed by atoms with Gasteiger partial charge in [-0.2, -0.15) is 0 Å². The van der Waals surface area contributed by atoms with Crippen molar-refractivity contribution < 1.29 is 19.4 Å². The van der Waals surface area contributed by atoms with Crippen LogP contribution >= 0.6 is 11.3 Å². The molecule has 5 nitrogen and oxygen atoms in total. The summed E-state index contributed by atoms with van der Waals surface area (Å²) in [5, 5.41) is 10.5. The molecule has 92 valence electrons. The number of carbonyl (C=O) groups excluding carboxylic acids is 1. The molecule has 0 saturated carbocycles. The van der Waals surface area contributed by atoms with Crippen LogP contribution in [-0.2, 0) is 9.53 Å². The molecule has 0 bridgehead atoms. The van der Waals surface area contributed by atoms with Gasteiger partial charge in [-0.15, -0.1) is 11.3 Å². The quantitative estimate of drug-likeness (QED) is 0.877. The number of aliphatic carboxylic acids is 1. The van der Waals surface area contributed by atoms with Crippen molar-refractivity contribution in [2.24, 2.45) is 0 Å². The Morgan fingerprint density at radius 3 is 3.06 bits per heavy atom. The number of thiophene rings is 1. The number of rotatable bonds is 3. The SMILES string of the molecule is O=C(O)CC1CN(C(=O)c2cccs2)CCO1. The first-order chi connectivity index (χ1) is 8.16. The predicted octanol–water partition coefficient (Wildman–Crippen LogP) is 1.06. The van der Waals surface area contributed by atoms with Gasteiger partial charge in [-0.3, -0.25) is 9.59 Å². The van der Waals surface area contributed by atoms with Crippen molar-refractivity contribution in [3.8, 4) is 0 Å². The normalized spacial score (nSPS) is 20.2. The van der Waals surface area contributed by atoms with Crippen molar-refractivity contribution in [1.29, 1.82) is 0 Å². The summed E-state index contributed by atoms with van der Waals surface area (Å²) in [4.78, 5) is 25.0. The second-order valence-corrected chi connectivity index (χ2v) is 4.77. The summed E-state index contributed by atoms with van der Waals surface area (Å²) < 4.78 is 5.32. The topological polar surface area (TPSA) is 66.8 Å². The van der Waals surface area contributed by atoms with Crippen LogP contribution in [0.4, 0.5) is 0 Å². The van der Waals surface area contributed by atoms with Gasteiger partial charge in [0.25, 0.3) is 5.91 Å². The zero-order valence-corrected chi connectivity index (χ0v) is 9.98. The highest BCUT2D eigenvalue weighted by atomic mass is 32.1. The molecule has 0 aromatic carbocycles. The second kappa shape index (κ2) is 5.29. The summed E-state index contributed by atoms with van der Waals surface area (Å²) in [7, 11) is 0. The smallest absolute Gasteiger partial charge is 0.306 e. The Balaban J connectivity index is 1.97. The summed E-state index contributed by atoms with van der Waals surface area (Å²) in [6.07, 6.45) is -0.459. The molecule has 2 heterocycles. The monoisotopic (exact) mass is 255 g/mol. The third-order valence-corrected chi connectivity index (χ3v) is 3.42. The van der Waals surface area contributed by atoms with Gasteiger partial charge in [-0.1, -0.05) is 6.07 Å². The lowest BCUT2D eigenvalue weighted by Crippen LogP contribution is -2.46. The van der Waals surface area contributed by atoms with Gasteiger partial charge < -0.3 is 14.7 Å². The Bertz CT molecular complexity index is 404. The third-order valence-electron chi connectivity index (χ3n) is 2.56. The van der Waals surface area contributed by atoms with E-state index in [1.165, 1.54) is 11.3 Å². The highest BCUT2D eigenvalue weighted by Gasteiger charge is 2.26. The van der Waals surface area contributed by atoms with Gasteiger partial charge in [0.05, 0.1) is 24.0 Å². The van der Waals surface area contributed by atoms with Crippen molar-refractivity contribution in [3.05, 3.63) is 22.4 Å². The maximum Gasteiger partial charge on any atom is 0.306 e.